The van der Waals surface area contributed by atoms with E-state index in [4.69, 9.17) is 9.84 Å². The second-order valence-electron chi connectivity index (χ2n) is 3.58. The second kappa shape index (κ2) is 6.30. The molecule has 0 aromatic rings. The standard InChI is InChI=1S/C10H18O3S/c1-2-8(7-10(11)12)14-9-3-5-13-6-4-9/h8-9H,2-7H2,1H3,(H,11,12). The Balaban J connectivity index is 2.27. The van der Waals surface area contributed by atoms with Crippen molar-refractivity contribution in [3.8, 4) is 0 Å². The lowest BCUT2D eigenvalue weighted by Crippen LogP contribution is -2.21. The molecule has 0 radical (unpaired) electrons. The minimum Gasteiger partial charge on any atom is -0.481 e. The summed E-state index contributed by atoms with van der Waals surface area (Å²) in [6.07, 6.45) is 3.37. The maximum atomic E-state index is 10.6. The molecule has 1 fully saturated rings. The minimum atomic E-state index is -0.684. The van der Waals surface area contributed by atoms with Gasteiger partial charge in [-0.05, 0) is 19.3 Å². The van der Waals surface area contributed by atoms with Crippen molar-refractivity contribution in [2.75, 3.05) is 13.2 Å². The quantitative estimate of drug-likeness (QED) is 0.768. The topological polar surface area (TPSA) is 46.5 Å². The molecule has 1 N–H and O–H groups in total. The lowest BCUT2D eigenvalue weighted by Gasteiger charge is -2.25. The van der Waals surface area contributed by atoms with Crippen LogP contribution in [0.5, 0.6) is 0 Å². The van der Waals surface area contributed by atoms with Gasteiger partial charge in [0.15, 0.2) is 0 Å². The van der Waals surface area contributed by atoms with Crippen molar-refractivity contribution in [3.63, 3.8) is 0 Å². The third kappa shape index (κ3) is 4.33. The molecular formula is C10H18O3S. The Hall–Kier alpha value is -0.220. The average molecular weight is 218 g/mol. The van der Waals surface area contributed by atoms with Gasteiger partial charge in [0.2, 0.25) is 0 Å². The first-order chi connectivity index (χ1) is 6.72. The van der Waals surface area contributed by atoms with E-state index in [1.807, 2.05) is 11.8 Å². The fourth-order valence-electron chi connectivity index (χ4n) is 1.57. The van der Waals surface area contributed by atoms with Gasteiger partial charge in [-0.3, -0.25) is 4.79 Å². The van der Waals surface area contributed by atoms with Crippen molar-refractivity contribution in [3.05, 3.63) is 0 Å². The smallest absolute Gasteiger partial charge is 0.304 e. The minimum absolute atomic E-state index is 0.274. The highest BCUT2D eigenvalue weighted by molar-refractivity contribution is 8.00. The highest BCUT2D eigenvalue weighted by atomic mass is 32.2. The van der Waals surface area contributed by atoms with Crippen molar-refractivity contribution in [1.82, 2.24) is 0 Å². The number of carbonyl (C=O) groups is 1. The van der Waals surface area contributed by atoms with Crippen LogP contribution in [-0.2, 0) is 9.53 Å². The summed E-state index contributed by atoms with van der Waals surface area (Å²) in [4.78, 5) is 10.6. The van der Waals surface area contributed by atoms with Crippen molar-refractivity contribution >= 4 is 17.7 Å². The molecule has 1 heterocycles. The predicted molar refractivity (Wildman–Crippen MR) is 57.8 cm³/mol. The van der Waals surface area contributed by atoms with Gasteiger partial charge >= 0.3 is 5.97 Å². The Morgan fingerprint density at radius 2 is 2.21 bits per heavy atom. The first-order valence-corrected chi connectivity index (χ1v) is 6.11. The normalized spacial score (nSPS) is 20.6. The molecule has 82 valence electrons. The molecule has 0 spiro atoms. The average Bonchev–Trinajstić information content (AvgIpc) is 2.17. The summed E-state index contributed by atoms with van der Waals surface area (Å²) in [5, 5.41) is 9.58. The molecule has 14 heavy (non-hydrogen) atoms. The molecule has 1 saturated heterocycles. The van der Waals surface area contributed by atoms with Gasteiger partial charge in [-0.2, -0.15) is 11.8 Å². The van der Waals surface area contributed by atoms with Crippen molar-refractivity contribution in [1.29, 1.82) is 0 Å². The molecule has 1 unspecified atom stereocenters. The van der Waals surface area contributed by atoms with Gasteiger partial charge in [0.1, 0.15) is 0 Å². The van der Waals surface area contributed by atoms with E-state index in [-0.39, 0.29) is 5.25 Å². The molecule has 1 atom stereocenters. The van der Waals surface area contributed by atoms with E-state index < -0.39 is 5.97 Å². The number of ether oxygens (including phenoxy) is 1. The number of carboxylic acid groups (broad SMARTS) is 1. The number of rotatable bonds is 5. The number of aliphatic carboxylic acids is 1. The van der Waals surface area contributed by atoms with Crippen LogP contribution in [0.15, 0.2) is 0 Å². The summed E-state index contributed by atoms with van der Waals surface area (Å²) in [5.74, 6) is -0.684. The number of hydrogen-bond acceptors (Lipinski definition) is 3. The summed E-state index contributed by atoms with van der Waals surface area (Å²) in [6, 6.07) is 0. The Kier molecular flexibility index (Phi) is 5.33. The van der Waals surface area contributed by atoms with Crippen molar-refractivity contribution in [2.24, 2.45) is 0 Å². The van der Waals surface area contributed by atoms with Gasteiger partial charge in [0, 0.05) is 23.7 Å². The first-order valence-electron chi connectivity index (χ1n) is 5.17. The van der Waals surface area contributed by atoms with Crippen LogP contribution in [0.4, 0.5) is 0 Å². The second-order valence-corrected chi connectivity index (χ2v) is 5.18. The Bertz CT molecular complexity index is 178. The number of thioether (sulfide) groups is 1. The Morgan fingerprint density at radius 3 is 2.71 bits per heavy atom. The van der Waals surface area contributed by atoms with Crippen LogP contribution in [0, 0.1) is 0 Å². The van der Waals surface area contributed by atoms with Gasteiger partial charge in [0.25, 0.3) is 0 Å². The monoisotopic (exact) mass is 218 g/mol. The third-order valence-corrected chi connectivity index (χ3v) is 4.15. The SMILES string of the molecule is CCC(CC(=O)O)SC1CCOCC1. The number of hydrogen-bond donors (Lipinski definition) is 1. The number of carboxylic acids is 1. The summed E-state index contributed by atoms with van der Waals surface area (Å²) >= 11 is 1.83. The van der Waals surface area contributed by atoms with E-state index in [2.05, 4.69) is 6.92 Å². The Morgan fingerprint density at radius 1 is 1.57 bits per heavy atom. The maximum Gasteiger partial charge on any atom is 0.304 e. The van der Waals surface area contributed by atoms with Crippen molar-refractivity contribution in [2.45, 2.75) is 43.1 Å². The molecule has 0 aromatic carbocycles. The van der Waals surface area contributed by atoms with E-state index in [0.29, 0.717) is 11.7 Å². The summed E-state index contributed by atoms with van der Waals surface area (Å²) in [5.41, 5.74) is 0. The lowest BCUT2D eigenvalue weighted by molar-refractivity contribution is -0.136. The molecular weight excluding hydrogens is 200 g/mol. The largest absolute Gasteiger partial charge is 0.481 e. The van der Waals surface area contributed by atoms with Gasteiger partial charge in [-0.25, -0.2) is 0 Å². The van der Waals surface area contributed by atoms with Crippen LogP contribution in [0.2, 0.25) is 0 Å². The zero-order chi connectivity index (χ0) is 10.4. The molecule has 1 rings (SSSR count). The van der Waals surface area contributed by atoms with Crippen LogP contribution < -0.4 is 0 Å². The van der Waals surface area contributed by atoms with E-state index in [1.54, 1.807) is 0 Å². The molecule has 0 amide bonds. The van der Waals surface area contributed by atoms with Crippen LogP contribution in [0.25, 0.3) is 0 Å². The first kappa shape index (κ1) is 11.9. The zero-order valence-electron chi connectivity index (χ0n) is 8.57. The molecule has 1 aliphatic heterocycles. The van der Waals surface area contributed by atoms with E-state index in [0.717, 1.165) is 32.5 Å². The van der Waals surface area contributed by atoms with Crippen LogP contribution >= 0.6 is 11.8 Å². The molecule has 0 aliphatic carbocycles. The summed E-state index contributed by atoms with van der Waals surface area (Å²) < 4.78 is 5.27. The van der Waals surface area contributed by atoms with Crippen molar-refractivity contribution < 1.29 is 14.6 Å². The molecule has 3 nitrogen and oxygen atoms in total. The molecule has 1 aliphatic rings. The molecule has 4 heteroatoms. The molecule has 0 aromatic heterocycles. The summed E-state index contributed by atoms with van der Waals surface area (Å²) in [7, 11) is 0. The fourth-order valence-corrected chi connectivity index (χ4v) is 3.01. The van der Waals surface area contributed by atoms with E-state index in [1.165, 1.54) is 0 Å². The predicted octanol–water partition coefficient (Wildman–Crippen LogP) is 2.15. The van der Waals surface area contributed by atoms with E-state index in [9.17, 15) is 4.79 Å². The van der Waals surface area contributed by atoms with Crippen LogP contribution in [0.3, 0.4) is 0 Å². The van der Waals surface area contributed by atoms with Crippen LogP contribution in [-0.4, -0.2) is 34.8 Å². The van der Waals surface area contributed by atoms with E-state index >= 15 is 0 Å². The maximum absolute atomic E-state index is 10.6. The highest BCUT2D eigenvalue weighted by Gasteiger charge is 2.20. The molecule has 0 saturated carbocycles. The van der Waals surface area contributed by atoms with Gasteiger partial charge < -0.3 is 9.84 Å². The van der Waals surface area contributed by atoms with Gasteiger partial charge in [-0.1, -0.05) is 6.92 Å². The van der Waals surface area contributed by atoms with Gasteiger partial charge in [0.05, 0.1) is 6.42 Å². The zero-order valence-corrected chi connectivity index (χ0v) is 9.39. The fraction of sp³-hybridized carbons (Fsp3) is 0.900. The molecule has 0 bridgehead atoms. The lowest BCUT2D eigenvalue weighted by atomic mass is 10.2. The Labute approximate surface area is 89.2 Å². The van der Waals surface area contributed by atoms with Crippen LogP contribution in [0.1, 0.15) is 32.6 Å². The van der Waals surface area contributed by atoms with Gasteiger partial charge in [-0.15, -0.1) is 0 Å². The third-order valence-electron chi connectivity index (χ3n) is 2.41. The highest BCUT2D eigenvalue weighted by Crippen LogP contribution is 2.29. The summed E-state index contributed by atoms with van der Waals surface area (Å²) in [6.45, 7) is 3.72.